The molecule has 0 saturated heterocycles. The zero-order valence-corrected chi connectivity index (χ0v) is 14.2. The van der Waals surface area contributed by atoms with Crippen molar-refractivity contribution in [2.24, 2.45) is 0 Å². The largest absolute Gasteiger partial charge is 0.480 e. The van der Waals surface area contributed by atoms with Gasteiger partial charge in [0.05, 0.1) is 6.10 Å². The van der Waals surface area contributed by atoms with E-state index in [1.807, 2.05) is 0 Å². The molecule has 2 rings (SSSR count). The van der Waals surface area contributed by atoms with E-state index in [2.05, 4.69) is 0 Å². The molecule has 0 amide bonds. The third-order valence-electron chi connectivity index (χ3n) is 3.83. The summed E-state index contributed by atoms with van der Waals surface area (Å²) in [5.74, 6) is -1.12. The average Bonchev–Trinajstić information content (AvgIpc) is 2.53. The second-order valence-electron chi connectivity index (χ2n) is 5.52. The van der Waals surface area contributed by atoms with Crippen LogP contribution in [0, 0.1) is 0 Å². The van der Waals surface area contributed by atoms with Crippen molar-refractivity contribution in [2.75, 3.05) is 0 Å². The first-order valence-electron chi connectivity index (χ1n) is 7.47. The van der Waals surface area contributed by atoms with Gasteiger partial charge in [0.25, 0.3) is 6.65 Å². The number of benzene rings is 1. The van der Waals surface area contributed by atoms with Crippen LogP contribution in [0.3, 0.4) is 0 Å². The Kier molecular flexibility index (Phi) is 6.04. The highest BCUT2D eigenvalue weighted by molar-refractivity contribution is 7.93. The number of nitrogens with zero attached hydrogens (tertiary/aromatic N) is 1. The van der Waals surface area contributed by atoms with Crippen LogP contribution < -0.4 is 5.30 Å². The van der Waals surface area contributed by atoms with Crippen molar-refractivity contribution in [1.29, 1.82) is 0 Å². The average molecular weight is 346 g/mol. The third kappa shape index (κ3) is 4.11. The van der Waals surface area contributed by atoms with Crippen molar-refractivity contribution in [3.8, 4) is 0 Å². The van der Waals surface area contributed by atoms with Crippen LogP contribution in [0.4, 0.5) is 0 Å². The van der Waals surface area contributed by atoms with Crippen molar-refractivity contribution in [2.45, 2.75) is 51.2 Å². The summed E-state index contributed by atoms with van der Waals surface area (Å²) in [5, 5.41) is 9.67. The van der Waals surface area contributed by atoms with Crippen molar-refractivity contribution < 1.29 is 19.3 Å². The SMILES string of the molecule is C[C@@H](C(=O)O)N(OC1CCCCC1)P(=O)(Cl)c1ccccc1. The molecule has 1 aromatic rings. The van der Waals surface area contributed by atoms with Crippen LogP contribution >= 0.6 is 17.9 Å². The highest BCUT2D eigenvalue weighted by Crippen LogP contribution is 2.55. The molecule has 5 nitrogen and oxygen atoms in total. The molecule has 1 fully saturated rings. The van der Waals surface area contributed by atoms with Gasteiger partial charge in [0.1, 0.15) is 6.04 Å². The molecule has 22 heavy (non-hydrogen) atoms. The Morgan fingerprint density at radius 2 is 1.91 bits per heavy atom. The highest BCUT2D eigenvalue weighted by atomic mass is 35.7. The van der Waals surface area contributed by atoms with Crippen molar-refractivity contribution in [3.63, 3.8) is 0 Å². The summed E-state index contributed by atoms with van der Waals surface area (Å²) < 4.78 is 13.0. The quantitative estimate of drug-likeness (QED) is 0.627. The maximum atomic E-state index is 13.0. The lowest BCUT2D eigenvalue weighted by atomic mass is 9.98. The number of carboxylic acids is 1. The van der Waals surface area contributed by atoms with Crippen LogP contribution in [0.15, 0.2) is 30.3 Å². The Hall–Kier alpha value is -0.870. The fourth-order valence-electron chi connectivity index (χ4n) is 2.52. The van der Waals surface area contributed by atoms with Gasteiger partial charge in [-0.2, -0.15) is 0 Å². The lowest BCUT2D eigenvalue weighted by Gasteiger charge is -2.34. The Bertz CT molecular complexity index is 548. The van der Waals surface area contributed by atoms with Gasteiger partial charge < -0.3 is 5.11 Å². The van der Waals surface area contributed by atoms with E-state index in [0.717, 1.165) is 36.9 Å². The van der Waals surface area contributed by atoms with Crippen LogP contribution in [0.2, 0.25) is 0 Å². The monoisotopic (exact) mass is 345 g/mol. The van der Waals surface area contributed by atoms with E-state index in [0.29, 0.717) is 5.30 Å². The molecule has 0 aromatic heterocycles. The number of carboxylic acid groups (broad SMARTS) is 1. The van der Waals surface area contributed by atoms with Crippen molar-refractivity contribution in [1.82, 2.24) is 4.83 Å². The molecule has 1 aromatic carbocycles. The Morgan fingerprint density at radius 1 is 1.32 bits per heavy atom. The summed E-state index contributed by atoms with van der Waals surface area (Å²) in [6, 6.07) is 7.38. The zero-order valence-electron chi connectivity index (χ0n) is 12.5. The molecule has 1 unspecified atom stereocenters. The summed E-state index contributed by atoms with van der Waals surface area (Å²) in [7, 11) is 0. The van der Waals surface area contributed by atoms with E-state index < -0.39 is 18.7 Å². The van der Waals surface area contributed by atoms with Crippen LogP contribution in [-0.2, 0) is 14.2 Å². The first kappa shape index (κ1) is 17.5. The molecule has 1 aliphatic rings. The van der Waals surface area contributed by atoms with Gasteiger partial charge >= 0.3 is 5.97 Å². The molecule has 2 atom stereocenters. The maximum absolute atomic E-state index is 13.0. The first-order chi connectivity index (χ1) is 10.4. The van der Waals surface area contributed by atoms with Gasteiger partial charge in [-0.05, 0) is 43.1 Å². The van der Waals surface area contributed by atoms with E-state index in [9.17, 15) is 14.5 Å². The highest BCUT2D eigenvalue weighted by Gasteiger charge is 2.40. The molecular formula is C15H21ClNO4P. The van der Waals surface area contributed by atoms with Gasteiger partial charge in [0.2, 0.25) is 0 Å². The second-order valence-corrected chi connectivity index (χ2v) is 8.81. The predicted octanol–water partition coefficient (Wildman–Crippen LogP) is 3.78. The summed E-state index contributed by atoms with van der Waals surface area (Å²) in [4.78, 5) is 18.2. The molecule has 7 heteroatoms. The first-order valence-corrected chi connectivity index (χ1v) is 10.0. The molecule has 1 aliphatic carbocycles. The lowest BCUT2D eigenvalue weighted by Crippen LogP contribution is -2.40. The summed E-state index contributed by atoms with van der Waals surface area (Å²) >= 11 is 6.28. The minimum Gasteiger partial charge on any atom is -0.480 e. The fraction of sp³-hybridized carbons (Fsp3) is 0.533. The molecule has 1 saturated carbocycles. The van der Waals surface area contributed by atoms with Crippen LogP contribution in [0.1, 0.15) is 39.0 Å². The van der Waals surface area contributed by atoms with Crippen molar-refractivity contribution in [3.05, 3.63) is 30.3 Å². The molecule has 0 radical (unpaired) electrons. The Balaban J connectivity index is 2.26. The smallest absolute Gasteiger partial charge is 0.323 e. The molecular weight excluding hydrogens is 325 g/mol. The lowest BCUT2D eigenvalue weighted by molar-refractivity contribution is -0.180. The number of rotatable bonds is 6. The minimum absolute atomic E-state index is 0.133. The van der Waals surface area contributed by atoms with Gasteiger partial charge in [0.15, 0.2) is 0 Å². The normalized spacial score (nSPS) is 20.5. The summed E-state index contributed by atoms with van der Waals surface area (Å²) in [6.45, 7) is -2.20. The Labute approximate surface area is 135 Å². The van der Waals surface area contributed by atoms with Gasteiger partial charge in [-0.3, -0.25) is 14.2 Å². The van der Waals surface area contributed by atoms with Gasteiger partial charge in [0, 0.05) is 5.30 Å². The summed E-state index contributed by atoms with van der Waals surface area (Å²) in [5.41, 5.74) is 0. The van der Waals surface area contributed by atoms with E-state index >= 15 is 0 Å². The number of aliphatic carboxylic acids is 1. The van der Waals surface area contributed by atoms with Crippen molar-refractivity contribution >= 4 is 29.2 Å². The number of halogens is 1. The molecule has 0 heterocycles. The Morgan fingerprint density at radius 3 is 2.45 bits per heavy atom. The number of hydrogen-bond acceptors (Lipinski definition) is 3. The van der Waals surface area contributed by atoms with Crippen LogP contribution in [0.5, 0.6) is 0 Å². The molecule has 0 spiro atoms. The van der Waals surface area contributed by atoms with Gasteiger partial charge in [-0.25, -0.2) is 0 Å². The zero-order chi connectivity index (χ0) is 16.2. The fourth-order valence-corrected chi connectivity index (χ4v) is 4.92. The number of carbonyl (C=O) groups is 1. The molecule has 0 bridgehead atoms. The van der Waals surface area contributed by atoms with E-state index in [1.165, 1.54) is 6.92 Å². The third-order valence-corrected chi connectivity index (χ3v) is 6.74. The maximum Gasteiger partial charge on any atom is 0.323 e. The molecule has 0 aliphatic heterocycles. The predicted molar refractivity (Wildman–Crippen MR) is 86.4 cm³/mol. The standard InChI is InChI=1S/C15H21ClNO4P/c1-12(15(18)19)17(21-13-8-4-2-5-9-13)22(16,20)14-10-6-3-7-11-14/h3,6-7,10-13H,2,4-5,8-9H2,1H3,(H,18,19)/t12-,22?/m0/s1. The molecule has 1 N–H and O–H groups in total. The number of hydroxylamine groups is 1. The van der Waals surface area contributed by atoms with E-state index in [1.54, 1.807) is 30.3 Å². The van der Waals surface area contributed by atoms with Gasteiger partial charge in [-0.15, -0.1) is 4.83 Å². The second kappa shape index (κ2) is 7.60. The van der Waals surface area contributed by atoms with Gasteiger partial charge in [-0.1, -0.05) is 37.5 Å². The van der Waals surface area contributed by atoms with Crippen LogP contribution in [0.25, 0.3) is 0 Å². The topological polar surface area (TPSA) is 66.8 Å². The molecule has 122 valence electrons. The minimum atomic E-state index is -3.63. The van der Waals surface area contributed by atoms with E-state index in [4.69, 9.17) is 16.1 Å². The summed E-state index contributed by atoms with van der Waals surface area (Å²) in [6.07, 6.45) is 4.72. The van der Waals surface area contributed by atoms with Crippen LogP contribution in [-0.4, -0.2) is 28.1 Å². The van der Waals surface area contributed by atoms with E-state index in [-0.39, 0.29) is 6.10 Å². The number of hydrogen-bond donors (Lipinski definition) is 1.